The number of carbonyl (C=O) groups is 1. The maximum Gasteiger partial charge on any atom is 0.226 e. The summed E-state index contributed by atoms with van der Waals surface area (Å²) in [5.41, 5.74) is 0.689. The molecule has 0 aromatic carbocycles. The highest BCUT2D eigenvalue weighted by Crippen LogP contribution is 2.10. The lowest BCUT2D eigenvalue weighted by molar-refractivity contribution is -0.117. The first-order chi connectivity index (χ1) is 6.72. The Balaban J connectivity index is 2.44. The zero-order valence-electron chi connectivity index (χ0n) is 7.79. The number of hydrogen-bond acceptors (Lipinski definition) is 3. The molecular weight excluding hydrogens is 248 g/mol. The summed E-state index contributed by atoms with van der Waals surface area (Å²) in [6, 6.07) is 3.55. The Bertz CT molecular complexity index is 300. The highest BCUT2D eigenvalue weighted by atomic mass is 79.9. The van der Waals surface area contributed by atoms with E-state index in [2.05, 4.69) is 26.2 Å². The molecule has 0 bridgehead atoms. The fourth-order valence-electron chi connectivity index (χ4n) is 0.868. The number of amides is 1. The van der Waals surface area contributed by atoms with Gasteiger partial charge in [0.15, 0.2) is 0 Å². The van der Waals surface area contributed by atoms with Crippen molar-refractivity contribution in [2.75, 3.05) is 19.0 Å². The van der Waals surface area contributed by atoms with E-state index in [1.807, 2.05) is 0 Å². The van der Waals surface area contributed by atoms with Gasteiger partial charge < -0.3 is 10.1 Å². The standard InChI is InChI=1S/C9H11BrN2O2/c1-14-5-4-9(13)12-7-2-3-8(10)11-6-7/h2-3,6H,4-5H2,1H3,(H,12,13). The second-order valence-corrected chi connectivity index (χ2v) is 3.47. The van der Waals surface area contributed by atoms with E-state index in [-0.39, 0.29) is 5.91 Å². The monoisotopic (exact) mass is 258 g/mol. The predicted molar refractivity (Wildman–Crippen MR) is 57.1 cm³/mol. The van der Waals surface area contributed by atoms with Gasteiger partial charge in [-0.05, 0) is 28.1 Å². The van der Waals surface area contributed by atoms with E-state index >= 15 is 0 Å². The SMILES string of the molecule is COCCC(=O)Nc1ccc(Br)nc1. The van der Waals surface area contributed by atoms with Gasteiger partial charge in [0.05, 0.1) is 24.9 Å². The van der Waals surface area contributed by atoms with E-state index in [0.717, 1.165) is 4.60 Å². The quantitative estimate of drug-likeness (QED) is 0.839. The van der Waals surface area contributed by atoms with Gasteiger partial charge in [0.25, 0.3) is 0 Å². The molecule has 1 aromatic heterocycles. The Labute approximate surface area is 90.8 Å². The number of methoxy groups -OCH3 is 1. The maximum absolute atomic E-state index is 11.2. The van der Waals surface area contributed by atoms with Gasteiger partial charge >= 0.3 is 0 Å². The molecule has 76 valence electrons. The van der Waals surface area contributed by atoms with Gasteiger partial charge in [-0.15, -0.1) is 0 Å². The Kier molecular flexibility index (Phi) is 4.55. The number of nitrogens with zero attached hydrogens (tertiary/aromatic N) is 1. The van der Waals surface area contributed by atoms with E-state index in [4.69, 9.17) is 4.74 Å². The number of anilines is 1. The fraction of sp³-hybridized carbons (Fsp3) is 0.333. The van der Waals surface area contributed by atoms with Gasteiger partial charge in [0.2, 0.25) is 5.91 Å². The molecule has 1 heterocycles. The molecule has 1 amide bonds. The van der Waals surface area contributed by atoms with Gasteiger partial charge in [-0.25, -0.2) is 4.98 Å². The van der Waals surface area contributed by atoms with Crippen LogP contribution in [0.3, 0.4) is 0 Å². The topological polar surface area (TPSA) is 51.2 Å². The molecule has 0 aliphatic heterocycles. The molecule has 1 N–H and O–H groups in total. The third kappa shape index (κ3) is 3.85. The molecule has 0 spiro atoms. The lowest BCUT2D eigenvalue weighted by atomic mass is 10.3. The molecule has 0 unspecified atom stereocenters. The maximum atomic E-state index is 11.2. The smallest absolute Gasteiger partial charge is 0.226 e. The Morgan fingerprint density at radius 3 is 3.00 bits per heavy atom. The van der Waals surface area contributed by atoms with E-state index < -0.39 is 0 Å². The normalized spacial score (nSPS) is 9.86. The summed E-state index contributed by atoms with van der Waals surface area (Å²) in [6.07, 6.45) is 1.95. The van der Waals surface area contributed by atoms with Crippen molar-refractivity contribution in [3.8, 4) is 0 Å². The minimum absolute atomic E-state index is 0.0732. The van der Waals surface area contributed by atoms with Crippen LogP contribution in [0.5, 0.6) is 0 Å². The molecule has 0 radical (unpaired) electrons. The summed E-state index contributed by atoms with van der Waals surface area (Å²) in [5.74, 6) is -0.0732. The molecule has 0 saturated heterocycles. The van der Waals surface area contributed by atoms with Crippen molar-refractivity contribution in [3.63, 3.8) is 0 Å². The van der Waals surface area contributed by atoms with Crippen LogP contribution in [-0.2, 0) is 9.53 Å². The van der Waals surface area contributed by atoms with Crippen LogP contribution >= 0.6 is 15.9 Å². The number of ether oxygens (including phenoxy) is 1. The summed E-state index contributed by atoms with van der Waals surface area (Å²) >= 11 is 3.21. The minimum atomic E-state index is -0.0732. The molecule has 5 heteroatoms. The lowest BCUT2D eigenvalue weighted by Crippen LogP contribution is -2.13. The van der Waals surface area contributed by atoms with Crippen LogP contribution in [0.4, 0.5) is 5.69 Å². The van der Waals surface area contributed by atoms with Crippen molar-refractivity contribution in [2.24, 2.45) is 0 Å². The average Bonchev–Trinajstić information content (AvgIpc) is 2.18. The minimum Gasteiger partial charge on any atom is -0.384 e. The van der Waals surface area contributed by atoms with Crippen molar-refractivity contribution < 1.29 is 9.53 Å². The number of halogens is 1. The summed E-state index contributed by atoms with van der Waals surface area (Å²) in [7, 11) is 1.56. The van der Waals surface area contributed by atoms with Crippen LogP contribution in [0.25, 0.3) is 0 Å². The van der Waals surface area contributed by atoms with Crippen molar-refractivity contribution in [3.05, 3.63) is 22.9 Å². The number of rotatable bonds is 4. The van der Waals surface area contributed by atoms with Crippen LogP contribution < -0.4 is 5.32 Å². The van der Waals surface area contributed by atoms with Gasteiger partial charge in [-0.3, -0.25) is 4.79 Å². The fourth-order valence-corrected chi connectivity index (χ4v) is 1.10. The zero-order valence-corrected chi connectivity index (χ0v) is 9.37. The largest absolute Gasteiger partial charge is 0.384 e. The molecular formula is C9H11BrN2O2. The van der Waals surface area contributed by atoms with Crippen molar-refractivity contribution in [1.82, 2.24) is 4.98 Å². The first kappa shape index (κ1) is 11.1. The van der Waals surface area contributed by atoms with E-state index in [1.165, 1.54) is 0 Å². The Hall–Kier alpha value is -0.940. The van der Waals surface area contributed by atoms with Crippen LogP contribution in [0.1, 0.15) is 6.42 Å². The molecule has 0 fully saturated rings. The Morgan fingerprint density at radius 1 is 1.64 bits per heavy atom. The second-order valence-electron chi connectivity index (χ2n) is 2.66. The van der Waals surface area contributed by atoms with Crippen LogP contribution in [0, 0.1) is 0 Å². The third-order valence-electron chi connectivity index (χ3n) is 1.54. The molecule has 0 saturated carbocycles. The summed E-state index contributed by atoms with van der Waals surface area (Å²) in [4.78, 5) is 15.2. The zero-order chi connectivity index (χ0) is 10.4. The molecule has 0 aliphatic rings. The van der Waals surface area contributed by atoms with Crippen molar-refractivity contribution >= 4 is 27.5 Å². The van der Waals surface area contributed by atoms with Gasteiger partial charge in [-0.1, -0.05) is 0 Å². The van der Waals surface area contributed by atoms with E-state index in [1.54, 1.807) is 25.4 Å². The predicted octanol–water partition coefficient (Wildman–Crippen LogP) is 1.82. The number of carbonyl (C=O) groups excluding carboxylic acids is 1. The second kappa shape index (κ2) is 5.72. The molecule has 4 nitrogen and oxygen atoms in total. The number of nitrogens with one attached hydrogen (secondary N) is 1. The Morgan fingerprint density at radius 2 is 2.43 bits per heavy atom. The van der Waals surface area contributed by atoms with Gasteiger partial charge in [-0.2, -0.15) is 0 Å². The number of aromatic nitrogens is 1. The van der Waals surface area contributed by atoms with Crippen LogP contribution in [0.15, 0.2) is 22.9 Å². The average molecular weight is 259 g/mol. The van der Waals surface area contributed by atoms with Crippen LogP contribution in [-0.4, -0.2) is 24.6 Å². The van der Waals surface area contributed by atoms with E-state index in [0.29, 0.717) is 18.7 Å². The van der Waals surface area contributed by atoms with Crippen molar-refractivity contribution in [1.29, 1.82) is 0 Å². The molecule has 0 atom stereocenters. The van der Waals surface area contributed by atoms with E-state index in [9.17, 15) is 4.79 Å². The summed E-state index contributed by atoms with van der Waals surface area (Å²) in [6.45, 7) is 0.426. The molecule has 1 aromatic rings. The van der Waals surface area contributed by atoms with Crippen LogP contribution in [0.2, 0.25) is 0 Å². The highest BCUT2D eigenvalue weighted by molar-refractivity contribution is 9.10. The third-order valence-corrected chi connectivity index (χ3v) is 2.01. The summed E-state index contributed by atoms with van der Waals surface area (Å²) in [5, 5.41) is 2.70. The first-order valence-corrected chi connectivity index (χ1v) is 4.92. The van der Waals surface area contributed by atoms with Gasteiger partial charge in [0, 0.05) is 7.11 Å². The number of hydrogen-bond donors (Lipinski definition) is 1. The van der Waals surface area contributed by atoms with Crippen molar-refractivity contribution in [2.45, 2.75) is 6.42 Å². The summed E-state index contributed by atoms with van der Waals surface area (Å²) < 4.78 is 5.53. The van der Waals surface area contributed by atoms with Gasteiger partial charge in [0.1, 0.15) is 4.60 Å². The number of pyridine rings is 1. The highest BCUT2D eigenvalue weighted by Gasteiger charge is 2.01. The first-order valence-electron chi connectivity index (χ1n) is 4.12. The molecule has 1 rings (SSSR count). The molecule has 14 heavy (non-hydrogen) atoms. The lowest BCUT2D eigenvalue weighted by Gasteiger charge is -2.03. The molecule has 0 aliphatic carbocycles.